The van der Waals surface area contributed by atoms with Crippen LogP contribution in [0.25, 0.3) is 11.1 Å². The van der Waals surface area contributed by atoms with Gasteiger partial charge < -0.3 is 19.7 Å². The Morgan fingerprint density at radius 3 is 2.51 bits per heavy atom. The minimum atomic E-state index is -1.66. The van der Waals surface area contributed by atoms with Gasteiger partial charge in [0.25, 0.3) is 0 Å². The van der Waals surface area contributed by atoms with Crippen LogP contribution < -0.4 is 0 Å². The van der Waals surface area contributed by atoms with Crippen LogP contribution in [-0.2, 0) is 19.1 Å². The first-order valence-electron chi connectivity index (χ1n) is 11.9. The molecule has 0 bridgehead atoms. The van der Waals surface area contributed by atoms with Crippen molar-refractivity contribution in [2.24, 2.45) is 5.92 Å². The van der Waals surface area contributed by atoms with Gasteiger partial charge in [-0.25, -0.2) is 4.79 Å². The third-order valence-corrected chi connectivity index (χ3v) is 6.29. The van der Waals surface area contributed by atoms with E-state index in [1.54, 1.807) is 24.3 Å². The zero-order chi connectivity index (χ0) is 25.3. The average Bonchev–Trinajstić information content (AvgIpc) is 3.15. The highest BCUT2D eigenvalue weighted by atomic mass is 16.6. The molecule has 0 aliphatic heterocycles. The molecule has 0 amide bonds. The number of carbonyl (C=O) groups excluding carboxylic acids is 2. The minimum absolute atomic E-state index is 0.128. The molecule has 0 heterocycles. The van der Waals surface area contributed by atoms with Crippen LogP contribution in [0.1, 0.15) is 49.4 Å². The Bertz CT molecular complexity index is 1050. The van der Waals surface area contributed by atoms with Gasteiger partial charge in [-0.15, -0.1) is 0 Å². The maximum absolute atomic E-state index is 13.2. The van der Waals surface area contributed by atoms with Crippen LogP contribution in [0, 0.1) is 5.92 Å². The van der Waals surface area contributed by atoms with Crippen molar-refractivity contribution in [3.8, 4) is 11.1 Å². The Morgan fingerprint density at radius 2 is 1.80 bits per heavy atom. The summed E-state index contributed by atoms with van der Waals surface area (Å²) in [5.41, 5.74) is 0.332. The van der Waals surface area contributed by atoms with Gasteiger partial charge in [-0.3, -0.25) is 9.59 Å². The smallest absolute Gasteiger partial charge is 0.338 e. The highest BCUT2D eigenvalue weighted by Gasteiger charge is 2.53. The molecule has 7 heteroatoms. The van der Waals surface area contributed by atoms with Crippen LogP contribution in [0.4, 0.5) is 0 Å². The summed E-state index contributed by atoms with van der Waals surface area (Å²) in [5, 5.41) is 20.4. The summed E-state index contributed by atoms with van der Waals surface area (Å²) in [4.78, 5) is 37.2. The van der Waals surface area contributed by atoms with Gasteiger partial charge in [0.05, 0.1) is 18.1 Å². The zero-order valence-electron chi connectivity index (χ0n) is 19.9. The number of ketones is 1. The van der Waals surface area contributed by atoms with Crippen molar-refractivity contribution in [1.82, 2.24) is 0 Å². The van der Waals surface area contributed by atoms with Gasteiger partial charge in [0.15, 0.2) is 11.4 Å². The van der Waals surface area contributed by atoms with Gasteiger partial charge in [-0.05, 0) is 55.5 Å². The molecule has 1 aliphatic carbocycles. The van der Waals surface area contributed by atoms with Crippen LogP contribution in [0.15, 0.2) is 66.7 Å². The van der Waals surface area contributed by atoms with Crippen LogP contribution in [0.5, 0.6) is 0 Å². The number of carboxylic acid groups (broad SMARTS) is 1. The van der Waals surface area contributed by atoms with Crippen molar-refractivity contribution in [3.05, 3.63) is 72.3 Å². The highest BCUT2D eigenvalue weighted by molar-refractivity contribution is 5.92. The second-order valence-electron chi connectivity index (χ2n) is 8.69. The Morgan fingerprint density at radius 1 is 1.06 bits per heavy atom. The summed E-state index contributed by atoms with van der Waals surface area (Å²) < 4.78 is 11.0. The molecule has 0 saturated heterocycles. The van der Waals surface area contributed by atoms with Gasteiger partial charge >= 0.3 is 11.9 Å². The van der Waals surface area contributed by atoms with Gasteiger partial charge in [-0.1, -0.05) is 48.5 Å². The quantitative estimate of drug-likeness (QED) is 0.263. The highest BCUT2D eigenvalue weighted by Crippen LogP contribution is 2.43. The molecule has 1 saturated carbocycles. The van der Waals surface area contributed by atoms with Crippen molar-refractivity contribution < 1.29 is 34.1 Å². The number of benzene rings is 2. The summed E-state index contributed by atoms with van der Waals surface area (Å²) in [6.45, 7) is 2.95. The maximum atomic E-state index is 13.2. The van der Waals surface area contributed by atoms with Crippen LogP contribution in [0.2, 0.25) is 0 Å². The first-order valence-corrected chi connectivity index (χ1v) is 11.9. The fraction of sp³-hybridized carbons (Fsp3) is 0.393. The van der Waals surface area contributed by atoms with E-state index < -0.39 is 36.0 Å². The summed E-state index contributed by atoms with van der Waals surface area (Å²) in [6.07, 6.45) is 2.78. The molecule has 0 spiro atoms. The topological polar surface area (TPSA) is 110 Å². The third kappa shape index (κ3) is 6.87. The molecule has 2 N–H and O–H groups in total. The normalized spacial score (nSPS) is 21.8. The van der Waals surface area contributed by atoms with Crippen LogP contribution in [-0.4, -0.2) is 52.9 Å². The number of allylic oxidation sites excluding steroid dienone is 1. The molecule has 35 heavy (non-hydrogen) atoms. The van der Waals surface area contributed by atoms with E-state index in [4.69, 9.17) is 9.47 Å². The number of hydrogen-bond donors (Lipinski definition) is 2. The van der Waals surface area contributed by atoms with E-state index >= 15 is 0 Å². The Hall–Kier alpha value is -3.29. The third-order valence-electron chi connectivity index (χ3n) is 6.29. The number of ether oxygens (including phenoxy) is 2. The first-order chi connectivity index (χ1) is 16.9. The number of carboxylic acids is 1. The van der Waals surface area contributed by atoms with Crippen LogP contribution in [0.3, 0.4) is 0 Å². The molecular weight excluding hydrogens is 448 g/mol. The van der Waals surface area contributed by atoms with Gasteiger partial charge in [0, 0.05) is 25.6 Å². The first kappa shape index (κ1) is 26.3. The Labute approximate surface area is 205 Å². The van der Waals surface area contributed by atoms with Crippen molar-refractivity contribution in [1.29, 1.82) is 0 Å². The number of hydrogen-bond acceptors (Lipinski definition) is 6. The van der Waals surface area contributed by atoms with E-state index in [1.807, 2.05) is 43.3 Å². The van der Waals surface area contributed by atoms with Gasteiger partial charge in [-0.2, -0.15) is 0 Å². The number of aliphatic hydroxyl groups is 1. The molecule has 3 unspecified atom stereocenters. The fourth-order valence-electron chi connectivity index (χ4n) is 4.48. The van der Waals surface area contributed by atoms with E-state index in [9.17, 15) is 24.6 Å². The largest absolute Gasteiger partial charge is 0.481 e. The van der Waals surface area contributed by atoms with Gasteiger partial charge in [0.1, 0.15) is 0 Å². The van der Waals surface area contributed by atoms with E-state index in [0.717, 1.165) is 11.1 Å². The lowest BCUT2D eigenvalue weighted by molar-refractivity contribution is -0.150. The molecule has 186 valence electrons. The molecule has 0 aromatic heterocycles. The zero-order valence-corrected chi connectivity index (χ0v) is 19.9. The maximum Gasteiger partial charge on any atom is 0.338 e. The lowest BCUT2D eigenvalue weighted by Crippen LogP contribution is -2.48. The average molecular weight is 481 g/mol. The SMILES string of the molecule is CCOCCCC(=O)C=CC1CCC(O)C1(CC(=O)O)OC(=O)c1cccc(-c2ccccc2)c1. The number of esters is 1. The molecule has 7 nitrogen and oxygen atoms in total. The van der Waals surface area contributed by atoms with E-state index in [2.05, 4.69) is 0 Å². The number of aliphatic hydroxyl groups excluding tert-OH is 1. The molecule has 1 fully saturated rings. The number of aliphatic carboxylic acids is 1. The molecular formula is C28H32O7. The lowest BCUT2D eigenvalue weighted by Gasteiger charge is -2.35. The summed E-state index contributed by atoms with van der Waals surface area (Å²) in [5.74, 6) is -2.65. The standard InChI is InChI=1S/C28H32O7/c1-2-34-17-7-12-24(29)15-13-23-14-16-25(30)28(23,19-26(31)32)35-27(33)22-11-6-10-21(18-22)20-8-4-3-5-9-20/h3-6,8-11,13,15,18,23,25,30H,2,7,12,14,16-17,19H2,1H3,(H,31,32). The minimum Gasteiger partial charge on any atom is -0.481 e. The molecule has 2 aromatic carbocycles. The molecule has 2 aromatic rings. The van der Waals surface area contributed by atoms with Crippen LogP contribution >= 0.6 is 0 Å². The van der Waals surface area contributed by atoms with Crippen molar-refractivity contribution in [2.75, 3.05) is 13.2 Å². The van der Waals surface area contributed by atoms with Crippen molar-refractivity contribution in [2.45, 2.75) is 50.7 Å². The molecule has 0 radical (unpaired) electrons. The lowest BCUT2D eigenvalue weighted by atomic mass is 9.85. The second kappa shape index (κ2) is 12.4. The Balaban J connectivity index is 1.80. The monoisotopic (exact) mass is 480 g/mol. The van der Waals surface area contributed by atoms with E-state index in [0.29, 0.717) is 32.5 Å². The molecule has 1 aliphatic rings. The van der Waals surface area contributed by atoms with E-state index in [1.165, 1.54) is 6.08 Å². The molecule has 3 atom stereocenters. The van der Waals surface area contributed by atoms with Crippen molar-refractivity contribution >= 4 is 17.7 Å². The predicted molar refractivity (Wildman–Crippen MR) is 131 cm³/mol. The summed E-state index contributed by atoms with van der Waals surface area (Å²) in [7, 11) is 0. The van der Waals surface area contributed by atoms with Crippen molar-refractivity contribution in [3.63, 3.8) is 0 Å². The summed E-state index contributed by atoms with van der Waals surface area (Å²) in [6, 6.07) is 16.4. The van der Waals surface area contributed by atoms with E-state index in [-0.39, 0.29) is 17.8 Å². The number of rotatable bonds is 12. The molecule has 3 rings (SSSR count). The summed E-state index contributed by atoms with van der Waals surface area (Å²) >= 11 is 0. The van der Waals surface area contributed by atoms with Gasteiger partial charge in [0.2, 0.25) is 0 Å². The number of carbonyl (C=O) groups is 3. The Kier molecular flexibility index (Phi) is 9.34. The second-order valence-corrected chi connectivity index (χ2v) is 8.69. The fourth-order valence-corrected chi connectivity index (χ4v) is 4.48. The predicted octanol–water partition coefficient (Wildman–Crippen LogP) is 4.44.